The normalized spacial score (nSPS) is 10.6. The lowest BCUT2D eigenvalue weighted by Crippen LogP contribution is -2.00. The smallest absolute Gasteiger partial charge is 0.131 e. The van der Waals surface area contributed by atoms with Crippen LogP contribution in [-0.4, -0.2) is 0 Å². The molecule has 3 aromatic rings. The minimum absolute atomic E-state index is 0.171. The maximum Gasteiger partial charge on any atom is 0.131 e. The second kappa shape index (κ2) is 6.58. The molecular formula is C17H13FINS. The van der Waals surface area contributed by atoms with Crippen molar-refractivity contribution in [3.8, 4) is 10.4 Å². The van der Waals surface area contributed by atoms with E-state index in [4.69, 9.17) is 0 Å². The largest absolute Gasteiger partial charge is 0.381 e. The van der Waals surface area contributed by atoms with Crippen LogP contribution < -0.4 is 5.32 Å². The molecule has 0 saturated heterocycles. The van der Waals surface area contributed by atoms with Crippen molar-refractivity contribution in [3.05, 3.63) is 74.9 Å². The zero-order chi connectivity index (χ0) is 14.7. The molecule has 106 valence electrons. The van der Waals surface area contributed by atoms with E-state index in [1.807, 2.05) is 41.8 Å². The van der Waals surface area contributed by atoms with E-state index < -0.39 is 0 Å². The first-order chi connectivity index (χ1) is 10.2. The second-order valence-electron chi connectivity index (χ2n) is 4.66. The molecule has 1 nitrogen and oxygen atoms in total. The van der Waals surface area contributed by atoms with Crippen LogP contribution in [0.3, 0.4) is 0 Å². The molecule has 2 aromatic carbocycles. The van der Waals surface area contributed by atoms with Crippen LogP contribution in [0.5, 0.6) is 0 Å². The van der Waals surface area contributed by atoms with E-state index in [9.17, 15) is 4.39 Å². The summed E-state index contributed by atoms with van der Waals surface area (Å²) in [6, 6.07) is 17.4. The predicted molar refractivity (Wildman–Crippen MR) is 96.2 cm³/mol. The van der Waals surface area contributed by atoms with Crippen LogP contribution >= 0.6 is 33.9 Å². The third-order valence-electron chi connectivity index (χ3n) is 3.14. The molecule has 1 aromatic heterocycles. The Labute approximate surface area is 141 Å². The molecule has 0 spiro atoms. The number of rotatable bonds is 4. The zero-order valence-electron chi connectivity index (χ0n) is 11.1. The molecule has 1 N–H and O–H groups in total. The summed E-state index contributed by atoms with van der Waals surface area (Å²) in [6.07, 6.45) is 0. The van der Waals surface area contributed by atoms with Gasteiger partial charge in [0.2, 0.25) is 0 Å². The van der Waals surface area contributed by atoms with Crippen molar-refractivity contribution in [1.29, 1.82) is 0 Å². The van der Waals surface area contributed by atoms with Gasteiger partial charge in [-0.2, -0.15) is 0 Å². The highest BCUT2D eigenvalue weighted by Crippen LogP contribution is 2.28. The highest BCUT2D eigenvalue weighted by Gasteiger charge is 2.07. The van der Waals surface area contributed by atoms with Crippen LogP contribution in [-0.2, 0) is 6.54 Å². The van der Waals surface area contributed by atoms with Crippen LogP contribution in [0.4, 0.5) is 10.1 Å². The van der Waals surface area contributed by atoms with Crippen LogP contribution in [0.1, 0.15) is 5.56 Å². The highest BCUT2D eigenvalue weighted by molar-refractivity contribution is 14.1. The van der Waals surface area contributed by atoms with E-state index in [0.29, 0.717) is 12.1 Å². The third kappa shape index (κ3) is 3.63. The summed E-state index contributed by atoms with van der Waals surface area (Å²) in [6.45, 7) is 0.679. The van der Waals surface area contributed by atoms with Crippen molar-refractivity contribution >= 4 is 39.6 Å². The number of benzene rings is 2. The van der Waals surface area contributed by atoms with Crippen molar-refractivity contribution < 1.29 is 4.39 Å². The number of thiophene rings is 1. The lowest BCUT2D eigenvalue weighted by molar-refractivity contribution is 0.631. The fourth-order valence-corrected chi connectivity index (χ4v) is 3.39. The van der Waals surface area contributed by atoms with Gasteiger partial charge in [0.1, 0.15) is 5.82 Å². The van der Waals surface area contributed by atoms with Crippen molar-refractivity contribution in [2.24, 2.45) is 0 Å². The van der Waals surface area contributed by atoms with Crippen molar-refractivity contribution in [2.45, 2.75) is 6.54 Å². The van der Waals surface area contributed by atoms with Gasteiger partial charge >= 0.3 is 0 Å². The minimum atomic E-state index is -0.171. The molecule has 4 heteroatoms. The van der Waals surface area contributed by atoms with Crippen LogP contribution in [0, 0.1) is 9.39 Å². The fourth-order valence-electron chi connectivity index (χ4n) is 2.11. The molecule has 0 aliphatic rings. The van der Waals surface area contributed by atoms with Gasteiger partial charge in [0.15, 0.2) is 0 Å². The third-order valence-corrected chi connectivity index (χ3v) is 4.71. The Morgan fingerprint density at radius 1 is 1.05 bits per heavy atom. The van der Waals surface area contributed by atoms with Crippen LogP contribution in [0.2, 0.25) is 0 Å². The van der Waals surface area contributed by atoms with E-state index in [-0.39, 0.29) is 5.82 Å². The lowest BCUT2D eigenvalue weighted by atomic mass is 10.1. The van der Waals surface area contributed by atoms with Gasteiger partial charge in [-0.3, -0.25) is 0 Å². The van der Waals surface area contributed by atoms with Gasteiger partial charge in [-0.05, 0) is 69.9 Å². The first-order valence-corrected chi connectivity index (χ1v) is 8.50. The second-order valence-corrected chi connectivity index (χ2v) is 6.85. The number of nitrogens with one attached hydrogen (secondary N) is 1. The number of hydrogen-bond donors (Lipinski definition) is 1. The van der Waals surface area contributed by atoms with E-state index in [0.717, 1.165) is 16.1 Å². The predicted octanol–water partition coefficient (Wildman–Crippen LogP) is 5.77. The van der Waals surface area contributed by atoms with Crippen molar-refractivity contribution in [1.82, 2.24) is 0 Å². The quantitative estimate of drug-likeness (QED) is 0.540. The summed E-state index contributed by atoms with van der Waals surface area (Å²) in [5.74, 6) is -0.171. The van der Waals surface area contributed by atoms with Crippen molar-refractivity contribution in [2.75, 3.05) is 5.32 Å². The number of hydrogen-bond acceptors (Lipinski definition) is 2. The summed E-state index contributed by atoms with van der Waals surface area (Å²) < 4.78 is 15.1. The van der Waals surface area contributed by atoms with E-state index in [1.165, 1.54) is 3.57 Å². The molecule has 0 bridgehead atoms. The molecule has 0 fully saturated rings. The Balaban J connectivity index is 1.79. The maximum atomic E-state index is 13.9. The van der Waals surface area contributed by atoms with Gasteiger partial charge in [-0.15, -0.1) is 11.3 Å². The van der Waals surface area contributed by atoms with E-state index >= 15 is 0 Å². The molecule has 21 heavy (non-hydrogen) atoms. The summed E-state index contributed by atoms with van der Waals surface area (Å²) in [5, 5.41) is 5.33. The average molecular weight is 409 g/mol. The summed E-state index contributed by atoms with van der Waals surface area (Å²) in [5.41, 5.74) is 2.81. The molecule has 0 radical (unpaired) electrons. The van der Waals surface area contributed by atoms with E-state index in [1.54, 1.807) is 17.4 Å². The molecule has 0 amide bonds. The standard InChI is InChI=1S/C17H13FINS/c18-16-7-6-12(9-15(16)17-5-2-8-21-17)11-20-14-4-1-3-13(19)10-14/h1-10,20H,11H2. The van der Waals surface area contributed by atoms with Gasteiger partial charge in [-0.25, -0.2) is 4.39 Å². The molecule has 1 heterocycles. The Kier molecular flexibility index (Phi) is 4.55. The first kappa shape index (κ1) is 14.5. The fraction of sp³-hybridized carbons (Fsp3) is 0.0588. The Hall–Kier alpha value is -1.40. The minimum Gasteiger partial charge on any atom is -0.381 e. The van der Waals surface area contributed by atoms with Gasteiger partial charge < -0.3 is 5.32 Å². The Morgan fingerprint density at radius 2 is 1.95 bits per heavy atom. The molecule has 0 aliphatic heterocycles. The first-order valence-electron chi connectivity index (χ1n) is 6.54. The zero-order valence-corrected chi connectivity index (χ0v) is 14.1. The summed E-state index contributed by atoms with van der Waals surface area (Å²) >= 11 is 3.84. The Morgan fingerprint density at radius 3 is 2.71 bits per heavy atom. The van der Waals surface area contributed by atoms with Crippen molar-refractivity contribution in [3.63, 3.8) is 0 Å². The van der Waals surface area contributed by atoms with Gasteiger partial charge in [0.05, 0.1) is 0 Å². The topological polar surface area (TPSA) is 12.0 Å². The Bertz CT molecular complexity index is 740. The van der Waals surface area contributed by atoms with Gasteiger partial charge in [-0.1, -0.05) is 18.2 Å². The van der Waals surface area contributed by atoms with Crippen LogP contribution in [0.25, 0.3) is 10.4 Å². The molecule has 0 aliphatic carbocycles. The maximum absolute atomic E-state index is 13.9. The molecular weight excluding hydrogens is 396 g/mol. The summed E-state index contributed by atoms with van der Waals surface area (Å²) in [7, 11) is 0. The van der Waals surface area contributed by atoms with Crippen LogP contribution in [0.15, 0.2) is 60.0 Å². The molecule has 0 unspecified atom stereocenters. The molecule has 3 rings (SSSR count). The van der Waals surface area contributed by atoms with Gasteiger partial charge in [0.25, 0.3) is 0 Å². The molecule has 0 atom stereocenters. The number of halogens is 2. The highest BCUT2D eigenvalue weighted by atomic mass is 127. The van der Waals surface area contributed by atoms with E-state index in [2.05, 4.69) is 40.0 Å². The summed E-state index contributed by atoms with van der Waals surface area (Å²) in [4.78, 5) is 0.962. The lowest BCUT2D eigenvalue weighted by Gasteiger charge is -2.09. The SMILES string of the molecule is Fc1ccc(CNc2cccc(I)c2)cc1-c1cccs1. The van der Waals surface area contributed by atoms with Gasteiger partial charge in [0, 0.05) is 26.2 Å². The average Bonchev–Trinajstić information content (AvgIpc) is 3.00. The molecule has 0 saturated carbocycles. The monoisotopic (exact) mass is 409 g/mol. The number of anilines is 1.